The molecule has 0 saturated carbocycles. The van der Waals surface area contributed by atoms with Gasteiger partial charge in [-0.05, 0) is 18.9 Å². The van der Waals surface area contributed by atoms with Crippen molar-refractivity contribution in [2.45, 2.75) is 46.1 Å². The second kappa shape index (κ2) is 3.63. The average Bonchev–Trinajstić information content (AvgIpc) is 2.47. The molecule has 3 nitrogen and oxygen atoms in total. The van der Waals surface area contributed by atoms with Gasteiger partial charge in [0.2, 0.25) is 0 Å². The second-order valence-electron chi connectivity index (χ2n) is 5.01. The molecule has 0 aromatic carbocycles. The van der Waals surface area contributed by atoms with Gasteiger partial charge in [-0.3, -0.25) is 0 Å². The van der Waals surface area contributed by atoms with Gasteiger partial charge in [-0.15, -0.1) is 0 Å². The lowest BCUT2D eigenvalue weighted by Gasteiger charge is -2.30. The van der Waals surface area contributed by atoms with Crippen LogP contribution in [0.5, 0.6) is 0 Å². The van der Waals surface area contributed by atoms with Crippen LogP contribution in [0.25, 0.3) is 0 Å². The van der Waals surface area contributed by atoms with E-state index in [1.165, 1.54) is 0 Å². The van der Waals surface area contributed by atoms with E-state index in [-0.39, 0.29) is 5.41 Å². The van der Waals surface area contributed by atoms with E-state index in [1.54, 1.807) is 0 Å². The van der Waals surface area contributed by atoms with Crippen LogP contribution in [-0.2, 0) is 12.0 Å². The zero-order valence-corrected chi connectivity index (χ0v) is 10.1. The van der Waals surface area contributed by atoms with Crippen LogP contribution >= 0.6 is 0 Å². The van der Waals surface area contributed by atoms with Crippen LogP contribution in [0.15, 0.2) is 4.42 Å². The standard InChI is InChI=1S/C12H20N2O/c1-8(2)12(4)5-6-13-7-10-11(12)15-9(3)14-10/h8,13H,5-7H2,1-4H3. The second-order valence-corrected chi connectivity index (χ2v) is 5.01. The highest BCUT2D eigenvalue weighted by molar-refractivity contribution is 5.22. The van der Waals surface area contributed by atoms with E-state index < -0.39 is 0 Å². The number of oxazole rings is 1. The largest absolute Gasteiger partial charge is 0.445 e. The quantitative estimate of drug-likeness (QED) is 0.770. The molecule has 2 rings (SSSR count). The summed E-state index contributed by atoms with van der Waals surface area (Å²) in [7, 11) is 0. The highest BCUT2D eigenvalue weighted by Crippen LogP contribution is 2.38. The van der Waals surface area contributed by atoms with Crippen molar-refractivity contribution in [2.75, 3.05) is 6.54 Å². The summed E-state index contributed by atoms with van der Waals surface area (Å²) in [6.45, 7) is 10.6. The lowest BCUT2D eigenvalue weighted by atomic mass is 9.74. The molecule has 15 heavy (non-hydrogen) atoms. The third-order valence-electron chi connectivity index (χ3n) is 3.71. The Kier molecular flexibility index (Phi) is 2.59. The van der Waals surface area contributed by atoms with Gasteiger partial charge in [0.1, 0.15) is 5.76 Å². The van der Waals surface area contributed by atoms with Gasteiger partial charge in [0.05, 0.1) is 5.69 Å². The maximum Gasteiger partial charge on any atom is 0.191 e. The zero-order valence-electron chi connectivity index (χ0n) is 10.1. The van der Waals surface area contributed by atoms with Crippen LogP contribution < -0.4 is 5.32 Å². The molecule has 0 bridgehead atoms. The Balaban J connectivity index is 2.49. The topological polar surface area (TPSA) is 38.1 Å². The molecule has 1 atom stereocenters. The van der Waals surface area contributed by atoms with Crippen molar-refractivity contribution in [1.82, 2.24) is 10.3 Å². The lowest BCUT2D eigenvalue weighted by molar-refractivity contribution is 0.256. The van der Waals surface area contributed by atoms with Gasteiger partial charge in [-0.1, -0.05) is 20.8 Å². The average molecular weight is 208 g/mol. The SMILES string of the molecule is Cc1nc2c(o1)C(C)(C(C)C)CCNC2. The van der Waals surface area contributed by atoms with Gasteiger partial charge in [0, 0.05) is 18.9 Å². The van der Waals surface area contributed by atoms with E-state index in [0.717, 1.165) is 36.9 Å². The van der Waals surface area contributed by atoms with E-state index in [9.17, 15) is 0 Å². The first-order chi connectivity index (χ1) is 7.04. The van der Waals surface area contributed by atoms with Crippen molar-refractivity contribution in [3.8, 4) is 0 Å². The Morgan fingerprint density at radius 3 is 2.87 bits per heavy atom. The number of nitrogens with one attached hydrogen (secondary N) is 1. The fourth-order valence-corrected chi connectivity index (χ4v) is 2.26. The first-order valence-corrected chi connectivity index (χ1v) is 5.71. The number of hydrogen-bond donors (Lipinski definition) is 1. The van der Waals surface area contributed by atoms with Gasteiger partial charge in [0.25, 0.3) is 0 Å². The van der Waals surface area contributed by atoms with Crippen LogP contribution in [-0.4, -0.2) is 11.5 Å². The molecule has 0 amide bonds. The number of aromatic nitrogens is 1. The fraction of sp³-hybridized carbons (Fsp3) is 0.750. The fourth-order valence-electron chi connectivity index (χ4n) is 2.26. The molecular formula is C12H20N2O. The lowest BCUT2D eigenvalue weighted by Crippen LogP contribution is -2.30. The van der Waals surface area contributed by atoms with E-state index in [1.807, 2.05) is 6.92 Å². The van der Waals surface area contributed by atoms with Crippen LogP contribution in [0.1, 0.15) is 44.5 Å². The molecule has 2 heterocycles. The molecule has 1 aliphatic rings. The van der Waals surface area contributed by atoms with Crippen molar-refractivity contribution in [3.63, 3.8) is 0 Å². The number of fused-ring (bicyclic) bond motifs is 1. The van der Waals surface area contributed by atoms with Gasteiger partial charge in [-0.25, -0.2) is 4.98 Å². The van der Waals surface area contributed by atoms with Crippen molar-refractivity contribution >= 4 is 0 Å². The summed E-state index contributed by atoms with van der Waals surface area (Å²) in [5.74, 6) is 2.46. The molecular weight excluding hydrogens is 188 g/mol. The van der Waals surface area contributed by atoms with Gasteiger partial charge in [0.15, 0.2) is 5.89 Å². The molecule has 84 valence electrons. The summed E-state index contributed by atoms with van der Waals surface area (Å²) in [5.41, 5.74) is 1.22. The summed E-state index contributed by atoms with van der Waals surface area (Å²) in [6, 6.07) is 0. The van der Waals surface area contributed by atoms with Crippen LogP contribution in [0.4, 0.5) is 0 Å². The first-order valence-electron chi connectivity index (χ1n) is 5.71. The Hall–Kier alpha value is -0.830. The predicted octanol–water partition coefficient (Wildman–Crippen LogP) is 2.39. The molecule has 1 aromatic heterocycles. The van der Waals surface area contributed by atoms with E-state index in [0.29, 0.717) is 5.92 Å². The van der Waals surface area contributed by atoms with E-state index in [2.05, 4.69) is 31.1 Å². The van der Waals surface area contributed by atoms with E-state index in [4.69, 9.17) is 4.42 Å². The third-order valence-corrected chi connectivity index (χ3v) is 3.71. The molecule has 0 fully saturated rings. The Labute approximate surface area is 91.3 Å². The molecule has 1 aliphatic heterocycles. The minimum Gasteiger partial charge on any atom is -0.445 e. The summed E-state index contributed by atoms with van der Waals surface area (Å²) < 4.78 is 5.81. The molecule has 0 radical (unpaired) electrons. The maximum atomic E-state index is 5.81. The van der Waals surface area contributed by atoms with Crippen LogP contribution in [0.2, 0.25) is 0 Å². The molecule has 1 N–H and O–H groups in total. The molecule has 0 saturated heterocycles. The predicted molar refractivity (Wildman–Crippen MR) is 59.8 cm³/mol. The molecule has 1 unspecified atom stereocenters. The monoisotopic (exact) mass is 208 g/mol. The van der Waals surface area contributed by atoms with Crippen molar-refractivity contribution in [3.05, 3.63) is 17.3 Å². The van der Waals surface area contributed by atoms with Crippen molar-refractivity contribution < 1.29 is 4.42 Å². The molecule has 3 heteroatoms. The van der Waals surface area contributed by atoms with Gasteiger partial charge in [-0.2, -0.15) is 0 Å². The molecule has 1 aromatic rings. The minimum absolute atomic E-state index is 0.125. The highest BCUT2D eigenvalue weighted by atomic mass is 16.4. The number of nitrogens with zero attached hydrogens (tertiary/aromatic N) is 1. The minimum atomic E-state index is 0.125. The van der Waals surface area contributed by atoms with E-state index >= 15 is 0 Å². The Bertz CT molecular complexity index is 357. The normalized spacial score (nSPS) is 26.5. The molecule has 0 spiro atoms. The summed E-state index contributed by atoms with van der Waals surface area (Å²) in [5, 5.41) is 3.40. The summed E-state index contributed by atoms with van der Waals surface area (Å²) in [4.78, 5) is 4.46. The summed E-state index contributed by atoms with van der Waals surface area (Å²) in [6.07, 6.45) is 1.12. The maximum absolute atomic E-state index is 5.81. The first kappa shape index (κ1) is 10.7. The van der Waals surface area contributed by atoms with Gasteiger partial charge < -0.3 is 9.73 Å². The number of hydrogen-bond acceptors (Lipinski definition) is 3. The smallest absolute Gasteiger partial charge is 0.191 e. The van der Waals surface area contributed by atoms with Crippen LogP contribution in [0, 0.1) is 12.8 Å². The van der Waals surface area contributed by atoms with Crippen molar-refractivity contribution in [2.24, 2.45) is 5.92 Å². The Morgan fingerprint density at radius 2 is 2.20 bits per heavy atom. The van der Waals surface area contributed by atoms with Crippen LogP contribution in [0.3, 0.4) is 0 Å². The highest BCUT2D eigenvalue weighted by Gasteiger charge is 2.37. The summed E-state index contributed by atoms with van der Waals surface area (Å²) >= 11 is 0. The zero-order chi connectivity index (χ0) is 11.1. The number of rotatable bonds is 1. The van der Waals surface area contributed by atoms with Crippen molar-refractivity contribution in [1.29, 1.82) is 0 Å². The Morgan fingerprint density at radius 1 is 1.47 bits per heavy atom. The molecule has 0 aliphatic carbocycles. The number of aryl methyl sites for hydroxylation is 1. The van der Waals surface area contributed by atoms with Gasteiger partial charge >= 0.3 is 0 Å². The third kappa shape index (κ3) is 1.69.